The Morgan fingerprint density at radius 3 is 2.67 bits per heavy atom. The maximum Gasteiger partial charge on any atom is 1.00 e. The second kappa shape index (κ2) is 6.89. The molecule has 100 valence electrons. The Morgan fingerprint density at radius 1 is 1.14 bits per heavy atom. The number of carbonyl (C=O) groups excluding carboxylic acids is 1. The minimum Gasteiger partial charge on any atom is -0.542 e. The van der Waals surface area contributed by atoms with E-state index in [1.807, 2.05) is 36.5 Å². The Labute approximate surface area is 144 Å². The molecule has 0 amide bonds. The Hall–Kier alpha value is -1.62. The van der Waals surface area contributed by atoms with Crippen molar-refractivity contribution in [1.82, 2.24) is 4.98 Å². The molecule has 0 radical (unpaired) electrons. The van der Waals surface area contributed by atoms with Gasteiger partial charge in [-0.2, -0.15) is 0 Å². The van der Waals surface area contributed by atoms with E-state index in [2.05, 4.69) is 4.98 Å². The van der Waals surface area contributed by atoms with Crippen LogP contribution in [0.15, 0.2) is 53.2 Å². The number of hydrogen-bond donors (Lipinski definition) is 0. The summed E-state index contributed by atoms with van der Waals surface area (Å²) >= 11 is 0. The number of furan rings is 1. The van der Waals surface area contributed by atoms with Crippen molar-refractivity contribution in [3.63, 3.8) is 0 Å². The number of aryl methyl sites for hydroxylation is 2. The van der Waals surface area contributed by atoms with Crippen molar-refractivity contribution in [1.29, 1.82) is 0 Å². The fourth-order valence-electron chi connectivity index (χ4n) is 2.17. The molecule has 0 unspecified atom stereocenters. The van der Waals surface area contributed by atoms with Crippen LogP contribution in [-0.4, -0.2) is 11.0 Å². The smallest absolute Gasteiger partial charge is 0.542 e. The van der Waals surface area contributed by atoms with Crippen LogP contribution in [0.2, 0.25) is 0 Å². The van der Waals surface area contributed by atoms with Gasteiger partial charge in [-0.05, 0) is 42.2 Å². The molecule has 0 atom stereocenters. The third-order valence-electron chi connectivity index (χ3n) is 3.21. The minimum absolute atomic E-state index is 0. The molecule has 0 aliphatic rings. The first-order chi connectivity index (χ1) is 9.72. The quantitative estimate of drug-likeness (QED) is 0.577. The maximum absolute atomic E-state index is 10.8. The molecule has 2 aromatic heterocycles. The van der Waals surface area contributed by atoms with E-state index >= 15 is 0 Å². The number of benzene rings is 1. The minimum atomic E-state index is -1.29. The normalized spacial score (nSPS) is 10.3. The Kier molecular flexibility index (Phi) is 5.17. The monoisotopic (exact) mass is 289 g/mol. The summed E-state index contributed by atoms with van der Waals surface area (Å²) in [6.45, 7) is 0. The summed E-state index contributed by atoms with van der Waals surface area (Å²) < 4.78 is 5.25. The number of carbonyl (C=O) groups is 1. The molecule has 3 rings (SSSR count). The van der Waals surface area contributed by atoms with Crippen molar-refractivity contribution >= 4 is 16.9 Å². The second-order valence-corrected chi connectivity index (χ2v) is 4.63. The molecule has 4 nitrogen and oxygen atoms in total. The van der Waals surface area contributed by atoms with Crippen LogP contribution in [0.4, 0.5) is 0 Å². The van der Waals surface area contributed by atoms with Gasteiger partial charge in [-0.3, -0.25) is 4.98 Å². The number of hydrogen-bond acceptors (Lipinski definition) is 4. The molecule has 0 aliphatic carbocycles. The van der Waals surface area contributed by atoms with E-state index in [9.17, 15) is 9.90 Å². The number of fused-ring (bicyclic) bond motifs is 1. The molecular formula is C16H12NNaO3. The van der Waals surface area contributed by atoms with E-state index in [-0.39, 0.29) is 35.3 Å². The Bertz CT molecular complexity index is 753. The van der Waals surface area contributed by atoms with Crippen LogP contribution in [0.1, 0.15) is 21.7 Å². The molecule has 0 spiro atoms. The molecule has 0 fully saturated rings. The van der Waals surface area contributed by atoms with Crippen LogP contribution in [-0.2, 0) is 12.8 Å². The topological polar surface area (TPSA) is 66.2 Å². The first-order valence-electron chi connectivity index (χ1n) is 6.35. The fourth-order valence-corrected chi connectivity index (χ4v) is 2.17. The Morgan fingerprint density at radius 2 is 1.95 bits per heavy atom. The van der Waals surface area contributed by atoms with E-state index in [0.717, 1.165) is 23.8 Å². The van der Waals surface area contributed by atoms with Crippen LogP contribution >= 0.6 is 0 Å². The molecule has 0 N–H and O–H groups in total. The van der Waals surface area contributed by atoms with Gasteiger partial charge in [0.1, 0.15) is 11.6 Å². The summed E-state index contributed by atoms with van der Waals surface area (Å²) in [5.74, 6) is -1.43. The average Bonchev–Trinajstić information content (AvgIpc) is 2.89. The van der Waals surface area contributed by atoms with Gasteiger partial charge in [-0.15, -0.1) is 0 Å². The van der Waals surface area contributed by atoms with Gasteiger partial charge in [0.2, 0.25) is 0 Å². The maximum atomic E-state index is 10.8. The van der Waals surface area contributed by atoms with Gasteiger partial charge in [-0.1, -0.05) is 18.2 Å². The molecule has 0 saturated carbocycles. The summed E-state index contributed by atoms with van der Waals surface area (Å²) in [7, 11) is 0. The number of carboxylic acids is 1. The standard InChI is InChI=1S/C16H13NO3.Na/c18-16(19)15-9-13-6-5-11(8-14(13)20-15)3-4-12-2-1-7-17-10-12;/h1-2,5-10H,3-4H2,(H,18,19);/q;+1/p-1. The molecule has 3 aromatic rings. The second-order valence-electron chi connectivity index (χ2n) is 4.63. The van der Waals surface area contributed by atoms with Crippen LogP contribution in [0.3, 0.4) is 0 Å². The van der Waals surface area contributed by atoms with Gasteiger partial charge in [0.15, 0.2) is 5.76 Å². The van der Waals surface area contributed by atoms with E-state index in [1.165, 1.54) is 11.6 Å². The van der Waals surface area contributed by atoms with Crippen molar-refractivity contribution in [2.45, 2.75) is 12.8 Å². The third kappa shape index (κ3) is 3.73. The van der Waals surface area contributed by atoms with Crippen molar-refractivity contribution in [3.8, 4) is 0 Å². The van der Waals surface area contributed by atoms with Crippen LogP contribution in [0.25, 0.3) is 11.0 Å². The van der Waals surface area contributed by atoms with E-state index in [1.54, 1.807) is 6.20 Å². The molecular weight excluding hydrogens is 277 g/mol. The molecule has 1 aromatic carbocycles. The SMILES string of the molecule is O=C([O-])c1cc2ccc(CCc3cccnc3)cc2o1.[Na+]. The first-order valence-corrected chi connectivity index (χ1v) is 6.35. The van der Waals surface area contributed by atoms with Gasteiger partial charge in [0.25, 0.3) is 0 Å². The largest absolute Gasteiger partial charge is 1.00 e. The molecule has 5 heteroatoms. The predicted octanol–water partition coefficient (Wildman–Crippen LogP) is -1.02. The van der Waals surface area contributed by atoms with E-state index < -0.39 is 5.97 Å². The van der Waals surface area contributed by atoms with E-state index in [4.69, 9.17) is 4.42 Å². The summed E-state index contributed by atoms with van der Waals surface area (Å²) in [5, 5.41) is 11.5. The molecule has 0 aliphatic heterocycles. The fraction of sp³-hybridized carbons (Fsp3) is 0.125. The number of aromatic nitrogens is 1. The number of aromatic carboxylic acids is 1. The van der Waals surface area contributed by atoms with Crippen molar-refractivity contribution < 1.29 is 43.9 Å². The van der Waals surface area contributed by atoms with Crippen molar-refractivity contribution in [2.24, 2.45) is 0 Å². The zero-order valence-electron chi connectivity index (χ0n) is 11.7. The first kappa shape index (κ1) is 15.8. The summed E-state index contributed by atoms with van der Waals surface area (Å²) in [5.41, 5.74) is 2.84. The molecule has 21 heavy (non-hydrogen) atoms. The van der Waals surface area contributed by atoms with Crippen LogP contribution < -0.4 is 34.7 Å². The summed E-state index contributed by atoms with van der Waals surface area (Å²) in [6.07, 6.45) is 5.33. The van der Waals surface area contributed by atoms with Crippen LogP contribution in [0, 0.1) is 0 Å². The number of carboxylic acid groups (broad SMARTS) is 1. The van der Waals surface area contributed by atoms with E-state index in [0.29, 0.717) is 5.58 Å². The Balaban J connectivity index is 0.00000161. The summed E-state index contributed by atoms with van der Waals surface area (Å²) in [6, 6.07) is 11.1. The van der Waals surface area contributed by atoms with Gasteiger partial charge in [0.05, 0.1) is 0 Å². The van der Waals surface area contributed by atoms with Gasteiger partial charge in [0, 0.05) is 17.8 Å². The van der Waals surface area contributed by atoms with Crippen molar-refractivity contribution in [3.05, 3.63) is 65.7 Å². The van der Waals surface area contributed by atoms with Crippen molar-refractivity contribution in [2.75, 3.05) is 0 Å². The number of pyridine rings is 1. The van der Waals surface area contributed by atoms with Gasteiger partial charge >= 0.3 is 29.6 Å². The third-order valence-corrected chi connectivity index (χ3v) is 3.21. The number of nitrogens with zero attached hydrogens (tertiary/aromatic N) is 1. The number of rotatable bonds is 4. The molecule has 0 saturated heterocycles. The zero-order valence-corrected chi connectivity index (χ0v) is 13.7. The summed E-state index contributed by atoms with van der Waals surface area (Å²) in [4.78, 5) is 14.8. The predicted molar refractivity (Wildman–Crippen MR) is 72.2 cm³/mol. The zero-order chi connectivity index (χ0) is 13.9. The molecule has 2 heterocycles. The molecule has 0 bridgehead atoms. The van der Waals surface area contributed by atoms with Crippen LogP contribution in [0.5, 0.6) is 0 Å². The average molecular weight is 289 g/mol. The van der Waals surface area contributed by atoms with Gasteiger partial charge < -0.3 is 14.3 Å². The van der Waals surface area contributed by atoms with Gasteiger partial charge in [-0.25, -0.2) is 0 Å².